The molecule has 0 fully saturated rings. The van der Waals surface area contributed by atoms with Crippen molar-refractivity contribution >= 4 is 0 Å². The van der Waals surface area contributed by atoms with Gasteiger partial charge in [-0.15, -0.1) is 0 Å². The first kappa shape index (κ1) is 24.1. The largest absolute Gasteiger partial charge is 0.384 e. The van der Waals surface area contributed by atoms with E-state index in [9.17, 15) is 52.7 Å². The van der Waals surface area contributed by atoms with Crippen LogP contribution in [0.1, 0.15) is 13.3 Å². The number of quaternary nitrogens is 1. The van der Waals surface area contributed by atoms with E-state index in [1.807, 2.05) is 0 Å². The van der Waals surface area contributed by atoms with Crippen LogP contribution in [0, 0.1) is 0 Å². The van der Waals surface area contributed by atoms with E-state index in [0.29, 0.717) is 0 Å². The molecule has 0 bridgehead atoms. The molecule has 13 heteroatoms. The molecule has 152 valence electrons. The molecule has 0 radical (unpaired) electrons. The van der Waals surface area contributed by atoms with Gasteiger partial charge in [-0.05, 0) is 6.42 Å². The topological polar surface area (TPSA) is 0 Å². The molecule has 0 atom stereocenters. The number of alkyl halides is 12. The van der Waals surface area contributed by atoms with Crippen LogP contribution in [0.25, 0.3) is 0 Å². The Labute approximate surface area is 135 Å². The highest BCUT2D eigenvalue weighted by atomic mass is 19.4. The Morgan fingerprint density at radius 3 is 1.44 bits per heavy atom. The van der Waals surface area contributed by atoms with Gasteiger partial charge in [0.1, 0.15) is 6.54 Å². The molecule has 25 heavy (non-hydrogen) atoms. The molecule has 0 aromatic rings. The third kappa shape index (κ3) is 3.95. The van der Waals surface area contributed by atoms with Gasteiger partial charge in [0.15, 0.2) is 0 Å². The van der Waals surface area contributed by atoms with Crippen molar-refractivity contribution < 1.29 is 57.2 Å². The maximum absolute atomic E-state index is 13.6. The van der Waals surface area contributed by atoms with Gasteiger partial charge in [0, 0.05) is 0 Å². The Bertz CT molecular complexity index is 457. The maximum atomic E-state index is 13.6. The van der Waals surface area contributed by atoms with Crippen LogP contribution < -0.4 is 0 Å². The quantitative estimate of drug-likeness (QED) is 0.380. The van der Waals surface area contributed by atoms with Crippen molar-refractivity contribution in [1.82, 2.24) is 0 Å². The number of hydrogen-bond acceptors (Lipinski definition) is 0. The van der Waals surface area contributed by atoms with E-state index in [4.69, 9.17) is 0 Å². The maximum Gasteiger partial charge on any atom is 0.384 e. The Morgan fingerprint density at radius 1 is 0.720 bits per heavy atom. The average molecular weight is 402 g/mol. The van der Waals surface area contributed by atoms with Gasteiger partial charge in [0.25, 0.3) is 0 Å². The summed E-state index contributed by atoms with van der Waals surface area (Å²) in [4.78, 5) is 0. The third-order valence-corrected chi connectivity index (χ3v) is 3.40. The smallest absolute Gasteiger partial charge is 0.323 e. The van der Waals surface area contributed by atoms with Crippen molar-refractivity contribution in [3.05, 3.63) is 0 Å². The average Bonchev–Trinajstić information content (AvgIpc) is 2.35. The summed E-state index contributed by atoms with van der Waals surface area (Å²) in [6, 6.07) is 0. The van der Waals surface area contributed by atoms with Gasteiger partial charge < -0.3 is 4.48 Å². The van der Waals surface area contributed by atoms with Gasteiger partial charge in [-0.2, -0.15) is 43.9 Å². The fourth-order valence-electron chi connectivity index (χ4n) is 2.09. The van der Waals surface area contributed by atoms with Gasteiger partial charge in [-0.1, -0.05) is 6.92 Å². The standard InChI is InChI=1S/C12H16F12N/c1-4-5-25(2,3)6-8(15,16)10(19,20)12(23,24)11(21,22)9(17,18)7(13)14/h7H,4-6H2,1-3H3/q+1. The Kier molecular flexibility index (Phi) is 6.45. The number of hydrogen-bond donors (Lipinski definition) is 0. The van der Waals surface area contributed by atoms with Crippen molar-refractivity contribution in [2.75, 3.05) is 27.2 Å². The second-order valence-corrected chi connectivity index (χ2v) is 6.17. The molecule has 0 heterocycles. The van der Waals surface area contributed by atoms with E-state index in [-0.39, 0.29) is 13.0 Å². The molecule has 0 spiro atoms. The summed E-state index contributed by atoms with van der Waals surface area (Å²) >= 11 is 0. The molecule has 0 rings (SSSR count). The zero-order valence-corrected chi connectivity index (χ0v) is 13.2. The van der Waals surface area contributed by atoms with Gasteiger partial charge in [0.05, 0.1) is 20.6 Å². The lowest BCUT2D eigenvalue weighted by Crippen LogP contribution is -2.70. The molecular formula is C12H16F12N+. The molecule has 0 saturated carbocycles. The minimum Gasteiger partial charge on any atom is -0.323 e. The molecule has 1 nitrogen and oxygen atoms in total. The Balaban J connectivity index is 6.03. The molecule has 0 aromatic carbocycles. The normalized spacial score (nSPS) is 15.8. The first-order valence-corrected chi connectivity index (χ1v) is 6.70. The van der Waals surface area contributed by atoms with Crippen molar-refractivity contribution in [2.24, 2.45) is 0 Å². The molecule has 0 aliphatic heterocycles. The molecule has 0 aromatic heterocycles. The second-order valence-electron chi connectivity index (χ2n) is 6.17. The van der Waals surface area contributed by atoms with Crippen LogP contribution in [0.3, 0.4) is 0 Å². The number of nitrogens with zero attached hydrogens (tertiary/aromatic N) is 1. The van der Waals surface area contributed by atoms with Crippen molar-refractivity contribution in [3.8, 4) is 0 Å². The lowest BCUT2D eigenvalue weighted by molar-refractivity contribution is -0.899. The van der Waals surface area contributed by atoms with Crippen LogP contribution in [-0.4, -0.2) is 67.7 Å². The molecule has 0 saturated heterocycles. The number of rotatable bonds is 9. The Hall–Kier alpha value is -0.880. The van der Waals surface area contributed by atoms with Crippen molar-refractivity contribution in [2.45, 2.75) is 49.4 Å². The summed E-state index contributed by atoms with van der Waals surface area (Å²) in [5.41, 5.74) is 0. The first-order valence-electron chi connectivity index (χ1n) is 6.70. The third-order valence-electron chi connectivity index (χ3n) is 3.40. The summed E-state index contributed by atoms with van der Waals surface area (Å²) in [6.45, 7) is -0.956. The lowest BCUT2D eigenvalue weighted by Gasteiger charge is -2.41. The minimum absolute atomic E-state index is 0.116. The molecule has 0 unspecified atom stereocenters. The zero-order valence-electron chi connectivity index (χ0n) is 13.2. The van der Waals surface area contributed by atoms with E-state index >= 15 is 0 Å². The van der Waals surface area contributed by atoms with Gasteiger partial charge in [0.2, 0.25) is 0 Å². The fraction of sp³-hybridized carbons (Fsp3) is 1.00. The summed E-state index contributed by atoms with van der Waals surface area (Å²) in [6.07, 6.45) is -5.37. The SMILES string of the molecule is CCC[N+](C)(C)CC(F)(F)C(F)(F)C(F)(F)C(F)(F)C(F)(F)C(F)F. The highest BCUT2D eigenvalue weighted by molar-refractivity contribution is 5.09. The summed E-state index contributed by atoms with van der Waals surface area (Å²) < 4.78 is 155. The van der Waals surface area contributed by atoms with Crippen LogP contribution in [-0.2, 0) is 0 Å². The lowest BCUT2D eigenvalue weighted by atomic mass is 9.94. The molecule has 0 aliphatic rings. The van der Waals surface area contributed by atoms with Crippen LogP contribution in [0.4, 0.5) is 52.7 Å². The van der Waals surface area contributed by atoms with Crippen LogP contribution in [0.15, 0.2) is 0 Å². The predicted molar refractivity (Wildman–Crippen MR) is 62.9 cm³/mol. The van der Waals surface area contributed by atoms with E-state index in [1.165, 1.54) is 6.92 Å². The van der Waals surface area contributed by atoms with Crippen molar-refractivity contribution in [3.63, 3.8) is 0 Å². The predicted octanol–water partition coefficient (Wildman–Crippen LogP) is 4.91. The van der Waals surface area contributed by atoms with Gasteiger partial charge in [-0.25, -0.2) is 8.78 Å². The summed E-state index contributed by atoms with van der Waals surface area (Å²) in [5.74, 6) is -34.7. The highest BCUT2D eigenvalue weighted by Gasteiger charge is 2.88. The summed E-state index contributed by atoms with van der Waals surface area (Å²) in [7, 11) is 1.77. The number of halogens is 12. The van der Waals surface area contributed by atoms with Gasteiger partial charge >= 0.3 is 36.0 Å². The molecule has 0 N–H and O–H groups in total. The second kappa shape index (κ2) is 6.69. The van der Waals surface area contributed by atoms with E-state index in [1.54, 1.807) is 0 Å². The first-order chi connectivity index (χ1) is 10.7. The monoisotopic (exact) mass is 402 g/mol. The zero-order chi connectivity index (χ0) is 20.7. The van der Waals surface area contributed by atoms with Crippen LogP contribution in [0.5, 0.6) is 0 Å². The minimum atomic E-state index is -7.45. The van der Waals surface area contributed by atoms with E-state index < -0.39 is 47.1 Å². The summed E-state index contributed by atoms with van der Waals surface area (Å²) in [5, 5.41) is 0. The van der Waals surface area contributed by atoms with E-state index in [0.717, 1.165) is 14.1 Å². The molecule has 0 aliphatic carbocycles. The van der Waals surface area contributed by atoms with Gasteiger partial charge in [-0.3, -0.25) is 0 Å². The highest BCUT2D eigenvalue weighted by Crippen LogP contribution is 2.58. The molecular weight excluding hydrogens is 386 g/mol. The van der Waals surface area contributed by atoms with Crippen LogP contribution >= 0.6 is 0 Å². The Morgan fingerprint density at radius 2 is 1.12 bits per heavy atom. The fourth-order valence-corrected chi connectivity index (χ4v) is 2.09. The van der Waals surface area contributed by atoms with Crippen LogP contribution in [0.2, 0.25) is 0 Å². The van der Waals surface area contributed by atoms with E-state index in [2.05, 4.69) is 0 Å². The molecule has 0 amide bonds. The van der Waals surface area contributed by atoms with Crippen molar-refractivity contribution in [1.29, 1.82) is 0 Å².